The lowest BCUT2D eigenvalue weighted by molar-refractivity contribution is 0.183. The van der Waals surface area contributed by atoms with Crippen LogP contribution in [0.3, 0.4) is 0 Å². The molecular formula is C16H23FN2. The third kappa shape index (κ3) is 4.02. The van der Waals surface area contributed by atoms with Gasteiger partial charge in [0.2, 0.25) is 0 Å². The van der Waals surface area contributed by atoms with Gasteiger partial charge in [0.1, 0.15) is 5.82 Å². The summed E-state index contributed by atoms with van der Waals surface area (Å²) in [6.07, 6.45) is 5.40. The fourth-order valence-electron chi connectivity index (χ4n) is 2.87. The van der Waals surface area contributed by atoms with Gasteiger partial charge in [-0.25, -0.2) is 4.39 Å². The van der Waals surface area contributed by atoms with Crippen molar-refractivity contribution in [3.05, 3.63) is 35.6 Å². The number of benzene rings is 1. The molecule has 1 unspecified atom stereocenters. The number of hydrogen-bond acceptors (Lipinski definition) is 2. The molecule has 1 aliphatic carbocycles. The second-order valence-electron chi connectivity index (χ2n) is 6.05. The van der Waals surface area contributed by atoms with E-state index in [1.54, 1.807) is 12.1 Å². The van der Waals surface area contributed by atoms with E-state index in [1.807, 2.05) is 12.1 Å². The van der Waals surface area contributed by atoms with E-state index in [2.05, 4.69) is 10.2 Å². The summed E-state index contributed by atoms with van der Waals surface area (Å²) < 4.78 is 12.9. The molecule has 1 atom stereocenters. The van der Waals surface area contributed by atoms with Crippen LogP contribution in [0.2, 0.25) is 0 Å². The molecule has 1 aromatic carbocycles. The topological polar surface area (TPSA) is 15.3 Å². The Hall–Kier alpha value is -0.930. The second kappa shape index (κ2) is 6.02. The van der Waals surface area contributed by atoms with E-state index in [4.69, 9.17) is 0 Å². The molecule has 2 fully saturated rings. The van der Waals surface area contributed by atoms with E-state index in [1.165, 1.54) is 44.3 Å². The van der Waals surface area contributed by atoms with Gasteiger partial charge < -0.3 is 5.32 Å². The number of hydrogen-bond donors (Lipinski definition) is 1. The molecule has 3 rings (SSSR count). The summed E-state index contributed by atoms with van der Waals surface area (Å²) >= 11 is 0. The van der Waals surface area contributed by atoms with E-state index in [0.29, 0.717) is 6.04 Å². The summed E-state index contributed by atoms with van der Waals surface area (Å²) in [6.45, 7) is 4.44. The maximum absolute atomic E-state index is 12.9. The molecule has 1 saturated carbocycles. The largest absolute Gasteiger partial charge is 0.312 e. The predicted molar refractivity (Wildman–Crippen MR) is 75.4 cm³/mol. The highest BCUT2D eigenvalue weighted by atomic mass is 19.1. The van der Waals surface area contributed by atoms with E-state index in [9.17, 15) is 4.39 Å². The maximum Gasteiger partial charge on any atom is 0.123 e. The number of nitrogens with one attached hydrogen (secondary N) is 1. The first-order valence-corrected chi connectivity index (χ1v) is 7.50. The van der Waals surface area contributed by atoms with Gasteiger partial charge >= 0.3 is 0 Å². The van der Waals surface area contributed by atoms with Crippen LogP contribution in [0.25, 0.3) is 0 Å². The Labute approximate surface area is 115 Å². The minimum atomic E-state index is -0.147. The van der Waals surface area contributed by atoms with E-state index >= 15 is 0 Å². The van der Waals surface area contributed by atoms with Crippen LogP contribution < -0.4 is 5.32 Å². The standard InChI is InChI=1S/C16H23FN2/c17-15-7-5-14(6-8-15)11-19-9-1-2-16(12-19)18-10-13-3-4-13/h5-8,13,16,18H,1-4,9-12H2. The van der Waals surface area contributed by atoms with Gasteiger partial charge in [-0.2, -0.15) is 0 Å². The van der Waals surface area contributed by atoms with Crippen LogP contribution in [0.4, 0.5) is 4.39 Å². The zero-order chi connectivity index (χ0) is 13.1. The Bertz CT molecular complexity index is 400. The zero-order valence-electron chi connectivity index (χ0n) is 11.4. The number of halogens is 1. The van der Waals surface area contributed by atoms with Gasteiger partial charge in [-0.3, -0.25) is 4.90 Å². The van der Waals surface area contributed by atoms with Crippen molar-refractivity contribution in [1.82, 2.24) is 10.2 Å². The third-order valence-corrected chi connectivity index (χ3v) is 4.22. The van der Waals surface area contributed by atoms with Gasteiger partial charge in [0, 0.05) is 19.1 Å². The van der Waals surface area contributed by atoms with Gasteiger partial charge in [0.15, 0.2) is 0 Å². The van der Waals surface area contributed by atoms with Crippen molar-refractivity contribution in [1.29, 1.82) is 0 Å². The summed E-state index contributed by atoms with van der Waals surface area (Å²) in [5, 5.41) is 3.71. The summed E-state index contributed by atoms with van der Waals surface area (Å²) in [4.78, 5) is 2.49. The molecule has 1 aromatic rings. The predicted octanol–water partition coefficient (Wildman–Crippen LogP) is 2.79. The smallest absolute Gasteiger partial charge is 0.123 e. The third-order valence-electron chi connectivity index (χ3n) is 4.22. The number of nitrogens with zero attached hydrogens (tertiary/aromatic N) is 1. The molecule has 0 amide bonds. The fourth-order valence-corrected chi connectivity index (χ4v) is 2.87. The van der Waals surface area contributed by atoms with Crippen molar-refractivity contribution >= 4 is 0 Å². The Morgan fingerprint density at radius 3 is 2.68 bits per heavy atom. The van der Waals surface area contributed by atoms with Gasteiger partial charge in [0.25, 0.3) is 0 Å². The lowest BCUT2D eigenvalue weighted by Crippen LogP contribution is -2.45. The van der Waals surface area contributed by atoms with Crippen molar-refractivity contribution in [3.63, 3.8) is 0 Å². The van der Waals surface area contributed by atoms with Gasteiger partial charge in [-0.1, -0.05) is 12.1 Å². The van der Waals surface area contributed by atoms with E-state index in [0.717, 1.165) is 19.0 Å². The highest BCUT2D eigenvalue weighted by Gasteiger charge is 2.24. The average Bonchev–Trinajstić information content (AvgIpc) is 3.24. The van der Waals surface area contributed by atoms with Crippen LogP contribution in [0, 0.1) is 11.7 Å². The summed E-state index contributed by atoms with van der Waals surface area (Å²) in [5.74, 6) is 0.804. The molecule has 3 heteroatoms. The Balaban J connectivity index is 1.48. The summed E-state index contributed by atoms with van der Waals surface area (Å²) in [5.41, 5.74) is 1.21. The van der Waals surface area contributed by atoms with Gasteiger partial charge in [-0.05, 0) is 62.4 Å². The Morgan fingerprint density at radius 2 is 1.95 bits per heavy atom. The quantitative estimate of drug-likeness (QED) is 0.878. The van der Waals surface area contributed by atoms with E-state index < -0.39 is 0 Å². The molecule has 0 radical (unpaired) electrons. The van der Waals surface area contributed by atoms with Crippen LogP contribution >= 0.6 is 0 Å². The zero-order valence-corrected chi connectivity index (χ0v) is 11.4. The second-order valence-corrected chi connectivity index (χ2v) is 6.05. The van der Waals surface area contributed by atoms with Gasteiger partial charge in [0.05, 0.1) is 0 Å². The molecular weight excluding hydrogens is 239 g/mol. The molecule has 1 heterocycles. The Kier molecular flexibility index (Phi) is 4.14. The maximum atomic E-state index is 12.9. The SMILES string of the molecule is Fc1ccc(CN2CCCC(NCC3CC3)C2)cc1. The molecule has 0 bridgehead atoms. The molecule has 2 nitrogen and oxygen atoms in total. The Morgan fingerprint density at radius 1 is 1.16 bits per heavy atom. The highest BCUT2D eigenvalue weighted by molar-refractivity contribution is 5.16. The minimum Gasteiger partial charge on any atom is -0.312 e. The van der Waals surface area contributed by atoms with Crippen molar-refractivity contribution in [2.24, 2.45) is 5.92 Å². The van der Waals surface area contributed by atoms with Crippen LogP contribution in [0.5, 0.6) is 0 Å². The van der Waals surface area contributed by atoms with Crippen molar-refractivity contribution in [2.75, 3.05) is 19.6 Å². The normalized spacial score (nSPS) is 24.6. The summed E-state index contributed by atoms with van der Waals surface area (Å²) in [6, 6.07) is 7.56. The number of rotatable bonds is 5. The van der Waals surface area contributed by atoms with Crippen LogP contribution in [-0.2, 0) is 6.54 Å². The molecule has 2 aliphatic rings. The first-order valence-electron chi connectivity index (χ1n) is 7.50. The molecule has 19 heavy (non-hydrogen) atoms. The number of likely N-dealkylation sites (tertiary alicyclic amines) is 1. The first-order chi connectivity index (χ1) is 9.29. The van der Waals surface area contributed by atoms with Gasteiger partial charge in [-0.15, -0.1) is 0 Å². The van der Waals surface area contributed by atoms with Crippen molar-refractivity contribution < 1.29 is 4.39 Å². The molecule has 0 spiro atoms. The molecule has 1 N–H and O–H groups in total. The molecule has 0 aromatic heterocycles. The minimum absolute atomic E-state index is 0.147. The van der Waals surface area contributed by atoms with Crippen LogP contribution in [0.1, 0.15) is 31.2 Å². The van der Waals surface area contributed by atoms with E-state index in [-0.39, 0.29) is 5.82 Å². The first kappa shape index (κ1) is 13.1. The lowest BCUT2D eigenvalue weighted by Gasteiger charge is -2.33. The highest BCUT2D eigenvalue weighted by Crippen LogP contribution is 2.28. The van der Waals surface area contributed by atoms with Crippen molar-refractivity contribution in [2.45, 2.75) is 38.3 Å². The molecule has 1 saturated heterocycles. The summed E-state index contributed by atoms with van der Waals surface area (Å²) in [7, 11) is 0. The van der Waals surface area contributed by atoms with Crippen LogP contribution in [-0.4, -0.2) is 30.6 Å². The lowest BCUT2D eigenvalue weighted by atomic mass is 10.0. The molecule has 104 valence electrons. The number of piperidine rings is 1. The fraction of sp³-hybridized carbons (Fsp3) is 0.625. The average molecular weight is 262 g/mol. The van der Waals surface area contributed by atoms with Crippen molar-refractivity contribution in [3.8, 4) is 0 Å². The van der Waals surface area contributed by atoms with Crippen LogP contribution in [0.15, 0.2) is 24.3 Å². The monoisotopic (exact) mass is 262 g/mol. The molecule has 1 aliphatic heterocycles.